The normalized spacial score (nSPS) is 5.33. The molecule has 0 aliphatic heterocycles. The van der Waals surface area contributed by atoms with Gasteiger partial charge in [-0.05, 0) is 12.2 Å². The molecule has 56 valence electrons. The van der Waals surface area contributed by atoms with Crippen LogP contribution in [0.2, 0.25) is 0 Å². The number of carboxylic acids is 2. The van der Waals surface area contributed by atoms with Crippen LogP contribution >= 0.6 is 0 Å². The van der Waals surface area contributed by atoms with Crippen molar-refractivity contribution in [2.24, 2.45) is 0 Å². The number of carboxylic acid groups (broad SMARTS) is 2. The molecule has 0 aromatic rings. The van der Waals surface area contributed by atoms with Crippen LogP contribution in [0.3, 0.4) is 0 Å². The van der Waals surface area contributed by atoms with Crippen molar-refractivity contribution in [3.05, 3.63) is 25.3 Å². The average Bonchev–Trinajstić information content (AvgIpc) is 1.89. The van der Waals surface area contributed by atoms with Crippen molar-refractivity contribution < 1.29 is 49.4 Å². The van der Waals surface area contributed by atoms with E-state index >= 15 is 0 Å². The van der Waals surface area contributed by atoms with Crippen LogP contribution in [-0.2, 0) is 9.59 Å². The minimum absolute atomic E-state index is 0. The van der Waals surface area contributed by atoms with E-state index in [4.69, 9.17) is 19.8 Å². The first-order valence-corrected chi connectivity index (χ1v) is 2.21. The van der Waals surface area contributed by atoms with Crippen LogP contribution in [0.5, 0.6) is 0 Å². The molecule has 0 amide bonds. The minimum Gasteiger partial charge on any atom is -0.545 e. The summed E-state index contributed by atoms with van der Waals surface area (Å²) in [6.07, 6.45) is 1.44. The van der Waals surface area contributed by atoms with E-state index in [1.165, 1.54) is 0 Å². The molecule has 0 saturated heterocycles. The Morgan fingerprint density at radius 1 is 1.00 bits per heavy atom. The Labute approximate surface area is 123 Å². The molecule has 0 radical (unpaired) electrons. The van der Waals surface area contributed by atoms with Crippen molar-refractivity contribution in [2.45, 2.75) is 0 Å². The van der Waals surface area contributed by atoms with Gasteiger partial charge in [-0.15, -0.1) is 0 Å². The van der Waals surface area contributed by atoms with E-state index in [9.17, 15) is 0 Å². The molecule has 0 bridgehead atoms. The second kappa shape index (κ2) is 17.7. The summed E-state index contributed by atoms with van der Waals surface area (Å²) < 4.78 is 0. The van der Waals surface area contributed by atoms with Gasteiger partial charge < -0.3 is 19.8 Å². The fraction of sp³-hybridized carbons (Fsp3) is 0. The summed E-state index contributed by atoms with van der Waals surface area (Å²) in [5.41, 5.74) is 0. The quantitative estimate of drug-likeness (QED) is 0.332. The summed E-state index contributed by atoms with van der Waals surface area (Å²) >= 11 is 0. The van der Waals surface area contributed by atoms with E-state index in [0.717, 1.165) is 12.2 Å². The predicted molar refractivity (Wildman–Crippen MR) is 36.2 cm³/mol. The van der Waals surface area contributed by atoms with Crippen molar-refractivity contribution in [1.82, 2.24) is 0 Å². The smallest absolute Gasteiger partial charge is 0.545 e. The van der Waals surface area contributed by atoms with Crippen molar-refractivity contribution in [2.75, 3.05) is 0 Å². The summed E-state index contributed by atoms with van der Waals surface area (Å²) in [4.78, 5) is 18.3. The first kappa shape index (κ1) is 23.0. The molecular weight excluding hydrogens is 199 g/mol. The van der Waals surface area contributed by atoms with E-state index in [0.29, 0.717) is 0 Å². The molecule has 4 nitrogen and oxygen atoms in total. The third-order valence-electron chi connectivity index (χ3n) is 0.333. The standard InChI is InChI=1S/2C3H4O2.Ca.Na/c2*1-2-3(4)5;;/h2*2H,1H2,(H,4,5);;/q;;+2;+1/p-2. The molecule has 12 heavy (non-hydrogen) atoms. The van der Waals surface area contributed by atoms with Gasteiger partial charge in [0.15, 0.2) is 0 Å². The number of hydrogen-bond donors (Lipinski definition) is 0. The van der Waals surface area contributed by atoms with E-state index in [-0.39, 0.29) is 67.3 Å². The van der Waals surface area contributed by atoms with Crippen LogP contribution in [0.25, 0.3) is 0 Å². The van der Waals surface area contributed by atoms with Crippen molar-refractivity contribution in [3.8, 4) is 0 Å². The van der Waals surface area contributed by atoms with Crippen LogP contribution in [0.1, 0.15) is 0 Å². The van der Waals surface area contributed by atoms with Gasteiger partial charge in [0.1, 0.15) is 0 Å². The Morgan fingerprint density at radius 2 is 1.08 bits per heavy atom. The largest absolute Gasteiger partial charge is 2.00 e. The zero-order valence-electron chi connectivity index (χ0n) is 6.91. The minimum atomic E-state index is -1.23. The average molecular weight is 205 g/mol. The Kier molecular flexibility index (Phi) is 33.8. The molecule has 0 aromatic carbocycles. The second-order valence-corrected chi connectivity index (χ2v) is 1.05. The Hall–Kier alpha value is 0.680. The molecule has 0 saturated carbocycles. The van der Waals surface area contributed by atoms with Crippen molar-refractivity contribution in [3.63, 3.8) is 0 Å². The van der Waals surface area contributed by atoms with Gasteiger partial charge in [-0.25, -0.2) is 0 Å². The Balaban J connectivity index is -0.0000000457. The SMILES string of the molecule is C=CC(=O)[O-].C=CC(=O)[O-].[Ca+2].[Na+]. The fourth-order valence-electron chi connectivity index (χ4n) is 0. The topological polar surface area (TPSA) is 80.3 Å². The number of carbonyl (C=O) groups excluding carboxylic acids is 2. The molecule has 0 spiro atoms. The molecule has 0 fully saturated rings. The monoisotopic (exact) mass is 205 g/mol. The van der Waals surface area contributed by atoms with E-state index in [2.05, 4.69) is 13.2 Å². The van der Waals surface area contributed by atoms with Crippen LogP contribution in [0.4, 0.5) is 0 Å². The molecule has 0 N–H and O–H groups in total. The van der Waals surface area contributed by atoms with Gasteiger partial charge in [0.05, 0.1) is 11.9 Å². The molecule has 0 heterocycles. The van der Waals surface area contributed by atoms with Crippen molar-refractivity contribution >= 4 is 49.7 Å². The molecule has 0 aliphatic carbocycles. The Bertz CT molecular complexity index is 140. The van der Waals surface area contributed by atoms with Gasteiger partial charge in [-0.1, -0.05) is 13.2 Å². The molecule has 6 heteroatoms. The number of aliphatic carboxylic acids is 2. The first-order chi connectivity index (χ1) is 4.54. The third kappa shape index (κ3) is 45.7. The Morgan fingerprint density at radius 3 is 1.08 bits per heavy atom. The number of hydrogen-bond acceptors (Lipinski definition) is 4. The summed E-state index contributed by atoms with van der Waals surface area (Å²) in [5.74, 6) is -2.46. The molecule has 0 aliphatic rings. The molecular formula is C6H6CaNaO4+. The molecule has 0 aromatic heterocycles. The van der Waals surface area contributed by atoms with Gasteiger partial charge in [0.2, 0.25) is 0 Å². The summed E-state index contributed by atoms with van der Waals surface area (Å²) in [6, 6.07) is 0. The van der Waals surface area contributed by atoms with Crippen LogP contribution in [0.15, 0.2) is 25.3 Å². The van der Waals surface area contributed by atoms with Gasteiger partial charge >= 0.3 is 67.3 Å². The zero-order valence-corrected chi connectivity index (χ0v) is 11.1. The summed E-state index contributed by atoms with van der Waals surface area (Å²) in [5, 5.41) is 18.3. The van der Waals surface area contributed by atoms with Crippen molar-refractivity contribution in [1.29, 1.82) is 0 Å². The molecule has 0 atom stereocenters. The second-order valence-electron chi connectivity index (χ2n) is 1.05. The summed E-state index contributed by atoms with van der Waals surface area (Å²) in [6.45, 7) is 5.80. The van der Waals surface area contributed by atoms with E-state index < -0.39 is 11.9 Å². The molecule has 0 unspecified atom stereocenters. The third-order valence-corrected chi connectivity index (χ3v) is 0.333. The van der Waals surface area contributed by atoms with Gasteiger partial charge in [0, 0.05) is 0 Å². The maximum absolute atomic E-state index is 9.14. The fourth-order valence-corrected chi connectivity index (χ4v) is 0. The van der Waals surface area contributed by atoms with E-state index in [1.807, 2.05) is 0 Å². The number of carbonyl (C=O) groups is 2. The van der Waals surface area contributed by atoms with Crippen LogP contribution in [-0.4, -0.2) is 49.7 Å². The van der Waals surface area contributed by atoms with E-state index in [1.54, 1.807) is 0 Å². The maximum Gasteiger partial charge on any atom is 2.00 e. The maximum atomic E-state index is 9.14. The van der Waals surface area contributed by atoms with Gasteiger partial charge in [-0.3, -0.25) is 0 Å². The van der Waals surface area contributed by atoms with Crippen LogP contribution < -0.4 is 39.8 Å². The first-order valence-electron chi connectivity index (χ1n) is 2.21. The predicted octanol–water partition coefficient (Wildman–Crippen LogP) is -5.53. The molecule has 0 rings (SSSR count). The van der Waals surface area contributed by atoms with Crippen LogP contribution in [0, 0.1) is 0 Å². The zero-order chi connectivity index (χ0) is 8.57. The van der Waals surface area contributed by atoms with Gasteiger partial charge in [0.25, 0.3) is 0 Å². The number of rotatable bonds is 2. The summed E-state index contributed by atoms with van der Waals surface area (Å²) in [7, 11) is 0. The van der Waals surface area contributed by atoms with Gasteiger partial charge in [-0.2, -0.15) is 0 Å².